The van der Waals surface area contributed by atoms with Crippen LogP contribution in [0.1, 0.15) is 18.4 Å². The minimum atomic E-state index is -0.767. The number of ether oxygens (including phenoxy) is 1. The highest BCUT2D eigenvalue weighted by molar-refractivity contribution is 5.66. The van der Waals surface area contributed by atoms with Gasteiger partial charge in [-0.1, -0.05) is 36.4 Å². The van der Waals surface area contributed by atoms with Gasteiger partial charge in [-0.25, -0.2) is 0 Å². The number of nitrogens with one attached hydrogen (secondary N) is 1. The monoisotopic (exact) mass is 285 g/mol. The molecule has 0 saturated carbocycles. The predicted molar refractivity (Wildman–Crippen MR) is 82.6 cm³/mol. The third-order valence-corrected chi connectivity index (χ3v) is 2.98. The van der Waals surface area contributed by atoms with E-state index in [-0.39, 0.29) is 6.42 Å². The number of carbonyl (C=O) groups is 1. The Morgan fingerprint density at radius 1 is 1.10 bits per heavy atom. The Morgan fingerprint density at radius 2 is 1.90 bits per heavy atom. The molecule has 0 saturated heterocycles. The van der Waals surface area contributed by atoms with Crippen molar-refractivity contribution in [2.24, 2.45) is 0 Å². The van der Waals surface area contributed by atoms with Crippen LogP contribution in [0.3, 0.4) is 0 Å². The van der Waals surface area contributed by atoms with Crippen LogP contribution in [-0.4, -0.2) is 17.6 Å². The molecular weight excluding hydrogens is 266 g/mol. The first-order valence-corrected chi connectivity index (χ1v) is 6.96. The number of anilines is 1. The molecule has 2 aromatic carbocycles. The second kappa shape index (κ2) is 7.94. The Balaban J connectivity index is 1.81. The lowest BCUT2D eigenvalue weighted by Gasteiger charge is -2.09. The van der Waals surface area contributed by atoms with Gasteiger partial charge in [-0.3, -0.25) is 4.79 Å². The predicted octanol–water partition coefficient (Wildman–Crippen LogP) is 3.54. The summed E-state index contributed by atoms with van der Waals surface area (Å²) in [4.78, 5) is 10.4. The molecule has 0 radical (unpaired) electrons. The second-order valence-electron chi connectivity index (χ2n) is 4.73. The largest absolute Gasteiger partial charge is 0.489 e. The molecule has 0 aliphatic rings. The highest BCUT2D eigenvalue weighted by Crippen LogP contribution is 2.18. The van der Waals surface area contributed by atoms with Crippen LogP contribution in [0.15, 0.2) is 54.6 Å². The van der Waals surface area contributed by atoms with Crippen molar-refractivity contribution in [3.8, 4) is 5.75 Å². The molecule has 2 rings (SSSR count). The van der Waals surface area contributed by atoms with Gasteiger partial charge in [0.2, 0.25) is 0 Å². The average Bonchev–Trinajstić information content (AvgIpc) is 2.51. The van der Waals surface area contributed by atoms with Crippen molar-refractivity contribution in [2.75, 3.05) is 11.9 Å². The molecule has 0 unspecified atom stereocenters. The summed E-state index contributed by atoms with van der Waals surface area (Å²) in [6.07, 6.45) is 0.779. The Hall–Kier alpha value is -2.49. The lowest BCUT2D eigenvalue weighted by molar-refractivity contribution is -0.137. The van der Waals surface area contributed by atoms with Gasteiger partial charge in [-0.05, 0) is 24.1 Å². The van der Waals surface area contributed by atoms with Gasteiger partial charge in [-0.15, -0.1) is 0 Å². The first-order valence-electron chi connectivity index (χ1n) is 6.96. The molecule has 0 fully saturated rings. The topological polar surface area (TPSA) is 58.6 Å². The zero-order valence-corrected chi connectivity index (χ0v) is 11.8. The Morgan fingerprint density at radius 3 is 2.67 bits per heavy atom. The SMILES string of the molecule is O=C(O)CCCNc1cccc(OCc2ccccc2)c1. The summed E-state index contributed by atoms with van der Waals surface area (Å²) in [6, 6.07) is 17.7. The summed E-state index contributed by atoms with van der Waals surface area (Å²) in [6.45, 7) is 1.16. The van der Waals surface area contributed by atoms with E-state index < -0.39 is 5.97 Å². The number of rotatable bonds is 8. The van der Waals surface area contributed by atoms with Gasteiger partial charge in [0, 0.05) is 24.7 Å². The molecule has 0 aliphatic carbocycles. The summed E-state index contributed by atoms with van der Waals surface area (Å²) in [5.74, 6) is 0.0267. The third-order valence-electron chi connectivity index (χ3n) is 2.98. The van der Waals surface area contributed by atoms with E-state index in [0.29, 0.717) is 19.6 Å². The molecule has 0 bridgehead atoms. The number of benzene rings is 2. The van der Waals surface area contributed by atoms with E-state index in [0.717, 1.165) is 17.0 Å². The van der Waals surface area contributed by atoms with Gasteiger partial charge < -0.3 is 15.2 Å². The molecule has 0 heterocycles. The van der Waals surface area contributed by atoms with Crippen LogP contribution in [-0.2, 0) is 11.4 Å². The smallest absolute Gasteiger partial charge is 0.303 e. The molecule has 0 atom stereocenters. The van der Waals surface area contributed by atoms with Crippen molar-refractivity contribution in [1.82, 2.24) is 0 Å². The van der Waals surface area contributed by atoms with Crippen LogP contribution in [0.5, 0.6) is 5.75 Å². The highest BCUT2D eigenvalue weighted by atomic mass is 16.5. The fourth-order valence-electron chi connectivity index (χ4n) is 1.91. The number of hydrogen-bond acceptors (Lipinski definition) is 3. The van der Waals surface area contributed by atoms with Crippen LogP contribution < -0.4 is 10.1 Å². The minimum absolute atomic E-state index is 0.178. The van der Waals surface area contributed by atoms with E-state index in [9.17, 15) is 4.79 Å². The van der Waals surface area contributed by atoms with Crippen LogP contribution in [0.25, 0.3) is 0 Å². The molecule has 0 spiro atoms. The quantitative estimate of drug-likeness (QED) is 0.728. The van der Waals surface area contributed by atoms with E-state index in [1.807, 2.05) is 54.6 Å². The van der Waals surface area contributed by atoms with Crippen molar-refractivity contribution in [1.29, 1.82) is 0 Å². The van der Waals surface area contributed by atoms with E-state index in [1.54, 1.807) is 0 Å². The van der Waals surface area contributed by atoms with Crippen LogP contribution >= 0.6 is 0 Å². The molecule has 2 aromatic rings. The molecule has 21 heavy (non-hydrogen) atoms. The van der Waals surface area contributed by atoms with Crippen molar-refractivity contribution in [3.63, 3.8) is 0 Å². The van der Waals surface area contributed by atoms with Gasteiger partial charge in [0.25, 0.3) is 0 Å². The van der Waals surface area contributed by atoms with Gasteiger partial charge in [0.05, 0.1) is 0 Å². The lowest BCUT2D eigenvalue weighted by Crippen LogP contribution is -2.05. The highest BCUT2D eigenvalue weighted by Gasteiger charge is 1.99. The van der Waals surface area contributed by atoms with E-state index in [2.05, 4.69) is 5.32 Å². The molecule has 4 nitrogen and oxygen atoms in total. The maximum Gasteiger partial charge on any atom is 0.303 e. The maximum absolute atomic E-state index is 10.4. The maximum atomic E-state index is 10.4. The molecule has 0 aromatic heterocycles. The lowest BCUT2D eigenvalue weighted by atomic mass is 10.2. The van der Waals surface area contributed by atoms with Crippen molar-refractivity contribution in [3.05, 3.63) is 60.2 Å². The number of carboxylic acid groups (broad SMARTS) is 1. The first-order chi connectivity index (χ1) is 10.2. The van der Waals surface area contributed by atoms with Gasteiger partial charge in [0.1, 0.15) is 12.4 Å². The minimum Gasteiger partial charge on any atom is -0.489 e. The summed E-state index contributed by atoms with van der Waals surface area (Å²) in [5, 5.41) is 11.8. The standard InChI is InChI=1S/C17H19NO3/c19-17(20)10-5-11-18-15-8-4-9-16(12-15)21-13-14-6-2-1-3-7-14/h1-4,6-9,12,18H,5,10-11,13H2,(H,19,20). The van der Waals surface area contributed by atoms with Crippen molar-refractivity contribution < 1.29 is 14.6 Å². The molecule has 0 amide bonds. The van der Waals surface area contributed by atoms with Gasteiger partial charge in [0.15, 0.2) is 0 Å². The summed E-state index contributed by atoms with van der Waals surface area (Å²) in [7, 11) is 0. The van der Waals surface area contributed by atoms with Crippen molar-refractivity contribution >= 4 is 11.7 Å². The summed E-state index contributed by atoms with van der Waals surface area (Å²) in [5.41, 5.74) is 2.06. The number of hydrogen-bond donors (Lipinski definition) is 2. The van der Waals surface area contributed by atoms with Crippen molar-refractivity contribution in [2.45, 2.75) is 19.4 Å². The zero-order valence-electron chi connectivity index (χ0n) is 11.8. The summed E-state index contributed by atoms with van der Waals surface area (Å²) < 4.78 is 5.74. The van der Waals surface area contributed by atoms with E-state index in [4.69, 9.17) is 9.84 Å². The molecule has 2 N–H and O–H groups in total. The second-order valence-corrected chi connectivity index (χ2v) is 4.73. The molecule has 110 valence electrons. The van der Waals surface area contributed by atoms with E-state index in [1.165, 1.54) is 0 Å². The Bertz CT molecular complexity index is 569. The van der Waals surface area contributed by atoms with Gasteiger partial charge in [-0.2, -0.15) is 0 Å². The van der Waals surface area contributed by atoms with Crippen LogP contribution in [0.4, 0.5) is 5.69 Å². The van der Waals surface area contributed by atoms with E-state index >= 15 is 0 Å². The summed E-state index contributed by atoms with van der Waals surface area (Å²) >= 11 is 0. The number of aliphatic carboxylic acids is 1. The van der Waals surface area contributed by atoms with Gasteiger partial charge >= 0.3 is 5.97 Å². The molecular formula is C17H19NO3. The third kappa shape index (κ3) is 5.57. The molecule has 4 heteroatoms. The Labute approximate surface area is 124 Å². The fraction of sp³-hybridized carbons (Fsp3) is 0.235. The Kier molecular flexibility index (Phi) is 5.64. The average molecular weight is 285 g/mol. The normalized spacial score (nSPS) is 10.1. The number of carboxylic acids is 1. The van der Waals surface area contributed by atoms with Crippen LogP contribution in [0, 0.1) is 0 Å². The zero-order chi connectivity index (χ0) is 14.9. The van der Waals surface area contributed by atoms with Crippen LogP contribution in [0.2, 0.25) is 0 Å². The molecule has 0 aliphatic heterocycles. The fourth-order valence-corrected chi connectivity index (χ4v) is 1.91. The first kappa shape index (κ1) is 14.9.